The van der Waals surface area contributed by atoms with Gasteiger partial charge < -0.3 is 10.5 Å². The Morgan fingerprint density at radius 2 is 1.94 bits per heavy atom. The summed E-state index contributed by atoms with van der Waals surface area (Å²) in [7, 11) is 0. The summed E-state index contributed by atoms with van der Waals surface area (Å²) in [6, 6.07) is -0.301. The van der Waals surface area contributed by atoms with Gasteiger partial charge in [0.25, 0.3) is 0 Å². The Balaban J connectivity index is 2.55. The van der Waals surface area contributed by atoms with Crippen LogP contribution >= 0.6 is 0 Å². The van der Waals surface area contributed by atoms with E-state index in [0.717, 1.165) is 0 Å². The van der Waals surface area contributed by atoms with Crippen LogP contribution in [-0.2, 0) is 4.74 Å². The van der Waals surface area contributed by atoms with Crippen molar-refractivity contribution in [3.63, 3.8) is 0 Å². The van der Waals surface area contributed by atoms with Gasteiger partial charge in [0.15, 0.2) is 0 Å². The predicted octanol–water partition coefficient (Wildman–Crippen LogP) is 1.63. The lowest BCUT2D eigenvalue weighted by Crippen LogP contribution is -2.39. The molecule has 16 heavy (non-hydrogen) atoms. The maximum absolute atomic E-state index is 12.5. The normalized spacial score (nSPS) is 32.8. The predicted molar refractivity (Wildman–Crippen MR) is 54.8 cm³/mol. The second-order valence-corrected chi connectivity index (χ2v) is 4.61. The molecule has 1 rings (SSSR count). The molecule has 0 aromatic carbocycles. The first-order valence-electron chi connectivity index (χ1n) is 5.49. The number of alkyl halides is 3. The topological polar surface area (TPSA) is 47.3 Å². The van der Waals surface area contributed by atoms with Gasteiger partial charge in [0.05, 0.1) is 12.5 Å². The summed E-state index contributed by atoms with van der Waals surface area (Å²) in [6.45, 7) is 3.53. The minimum absolute atomic E-state index is 0.0558. The van der Waals surface area contributed by atoms with Crippen molar-refractivity contribution in [2.75, 3.05) is 6.61 Å². The monoisotopic (exact) mass is 240 g/mol. The molecule has 96 valence electrons. The van der Waals surface area contributed by atoms with Crippen LogP contribution in [0.3, 0.4) is 0 Å². The quantitative estimate of drug-likeness (QED) is 0.771. The highest BCUT2D eigenvalue weighted by Gasteiger charge is 2.42. The highest BCUT2D eigenvalue weighted by atomic mass is 19.4. The molecule has 1 heterocycles. The van der Waals surface area contributed by atoms with Crippen LogP contribution in [0.15, 0.2) is 0 Å². The average Bonchev–Trinajstić information content (AvgIpc) is 2.24. The Bertz CT molecular complexity index is 221. The second kappa shape index (κ2) is 5.33. The summed E-state index contributed by atoms with van der Waals surface area (Å²) in [6.07, 6.45) is -4.23. The molecule has 0 radical (unpaired) electrons. The van der Waals surface area contributed by atoms with Crippen LogP contribution in [0.1, 0.15) is 26.7 Å². The lowest BCUT2D eigenvalue weighted by Gasteiger charge is -2.21. The number of ether oxygens (including phenoxy) is 1. The van der Waals surface area contributed by atoms with Gasteiger partial charge in [0.1, 0.15) is 6.23 Å². The van der Waals surface area contributed by atoms with Crippen molar-refractivity contribution in [2.24, 2.45) is 11.7 Å². The van der Waals surface area contributed by atoms with Crippen LogP contribution in [0, 0.1) is 5.92 Å². The first-order chi connectivity index (χ1) is 7.29. The van der Waals surface area contributed by atoms with Gasteiger partial charge in [0.2, 0.25) is 0 Å². The van der Waals surface area contributed by atoms with E-state index in [0.29, 0.717) is 6.42 Å². The molecule has 1 aliphatic rings. The molecule has 3 N–H and O–H groups in total. The molecule has 6 heteroatoms. The fourth-order valence-corrected chi connectivity index (χ4v) is 1.82. The summed E-state index contributed by atoms with van der Waals surface area (Å²) in [4.78, 5) is 0. The Labute approximate surface area is 93.5 Å². The van der Waals surface area contributed by atoms with Crippen LogP contribution in [0.5, 0.6) is 0 Å². The fourth-order valence-electron chi connectivity index (χ4n) is 1.82. The molecule has 0 saturated carbocycles. The number of halogens is 3. The summed E-state index contributed by atoms with van der Waals surface area (Å²) in [5.74, 6) is -1.44. The minimum Gasteiger partial charge on any atom is -0.363 e. The van der Waals surface area contributed by atoms with E-state index in [1.807, 2.05) is 13.8 Å². The van der Waals surface area contributed by atoms with Crippen molar-refractivity contribution >= 4 is 0 Å². The summed E-state index contributed by atoms with van der Waals surface area (Å²) >= 11 is 0. The van der Waals surface area contributed by atoms with Gasteiger partial charge in [0, 0.05) is 18.5 Å². The fraction of sp³-hybridized carbons (Fsp3) is 1.00. The van der Waals surface area contributed by atoms with Crippen LogP contribution in [0.2, 0.25) is 0 Å². The maximum Gasteiger partial charge on any atom is 0.394 e. The molecule has 0 bridgehead atoms. The SMILES string of the molecule is CC(C)NC1CC(N)CC(C(F)(F)F)CO1. The van der Waals surface area contributed by atoms with Crippen molar-refractivity contribution in [2.45, 2.75) is 51.2 Å². The zero-order valence-corrected chi connectivity index (χ0v) is 9.55. The van der Waals surface area contributed by atoms with Gasteiger partial charge in [-0.15, -0.1) is 0 Å². The number of rotatable bonds is 2. The molecule has 3 atom stereocenters. The van der Waals surface area contributed by atoms with E-state index in [1.165, 1.54) is 0 Å². The third-order valence-corrected chi connectivity index (χ3v) is 2.58. The maximum atomic E-state index is 12.5. The third-order valence-electron chi connectivity index (χ3n) is 2.58. The summed E-state index contributed by atoms with van der Waals surface area (Å²) in [5.41, 5.74) is 5.67. The van der Waals surface area contributed by atoms with Crippen molar-refractivity contribution in [1.29, 1.82) is 0 Å². The molecule has 3 nitrogen and oxygen atoms in total. The minimum atomic E-state index is -4.22. The summed E-state index contributed by atoms with van der Waals surface area (Å²) in [5, 5.41) is 3.05. The van der Waals surface area contributed by atoms with Gasteiger partial charge in [-0.2, -0.15) is 13.2 Å². The van der Waals surface area contributed by atoms with E-state index >= 15 is 0 Å². The average molecular weight is 240 g/mol. The lowest BCUT2D eigenvalue weighted by molar-refractivity contribution is -0.191. The van der Waals surface area contributed by atoms with Crippen molar-refractivity contribution in [3.05, 3.63) is 0 Å². The first kappa shape index (κ1) is 13.7. The van der Waals surface area contributed by atoms with Crippen LogP contribution in [0.25, 0.3) is 0 Å². The van der Waals surface area contributed by atoms with Crippen molar-refractivity contribution < 1.29 is 17.9 Å². The highest BCUT2D eigenvalue weighted by molar-refractivity contribution is 4.80. The molecule has 0 aromatic heterocycles. The zero-order chi connectivity index (χ0) is 12.3. The molecular formula is C10H19F3N2O. The van der Waals surface area contributed by atoms with E-state index in [9.17, 15) is 13.2 Å². The molecule has 1 saturated heterocycles. The molecule has 1 fully saturated rings. The first-order valence-corrected chi connectivity index (χ1v) is 5.49. The summed E-state index contributed by atoms with van der Waals surface area (Å²) < 4.78 is 42.8. The standard InChI is InChI=1S/C10H19F3N2O/c1-6(2)15-9-4-8(14)3-7(5-16-9)10(11,12)13/h6-9,15H,3-5,14H2,1-2H3. The van der Waals surface area contributed by atoms with Crippen LogP contribution in [0.4, 0.5) is 13.2 Å². The smallest absolute Gasteiger partial charge is 0.363 e. The zero-order valence-electron chi connectivity index (χ0n) is 9.55. The van der Waals surface area contributed by atoms with E-state index < -0.39 is 18.1 Å². The molecule has 1 aliphatic heterocycles. The molecule has 0 aliphatic carbocycles. The van der Waals surface area contributed by atoms with Gasteiger partial charge >= 0.3 is 6.18 Å². The van der Waals surface area contributed by atoms with Crippen LogP contribution in [-0.4, -0.2) is 31.1 Å². The van der Waals surface area contributed by atoms with Crippen LogP contribution < -0.4 is 11.1 Å². The second-order valence-electron chi connectivity index (χ2n) is 4.61. The lowest BCUT2D eigenvalue weighted by atomic mass is 9.99. The number of hydrogen-bond donors (Lipinski definition) is 2. The Kier molecular flexibility index (Phi) is 4.58. The van der Waals surface area contributed by atoms with Gasteiger partial charge in [-0.1, -0.05) is 0 Å². The third kappa shape index (κ3) is 4.27. The number of nitrogens with one attached hydrogen (secondary N) is 1. The van der Waals surface area contributed by atoms with E-state index in [4.69, 9.17) is 10.5 Å². The molecule has 0 amide bonds. The Morgan fingerprint density at radius 1 is 1.31 bits per heavy atom. The number of hydrogen-bond acceptors (Lipinski definition) is 3. The Hall–Kier alpha value is -0.330. The molecule has 0 spiro atoms. The van der Waals surface area contributed by atoms with E-state index in [-0.39, 0.29) is 25.3 Å². The highest BCUT2D eigenvalue weighted by Crippen LogP contribution is 2.32. The van der Waals surface area contributed by atoms with E-state index in [2.05, 4.69) is 5.32 Å². The van der Waals surface area contributed by atoms with Crippen molar-refractivity contribution in [3.8, 4) is 0 Å². The number of nitrogens with two attached hydrogens (primary N) is 1. The Morgan fingerprint density at radius 3 is 2.44 bits per heavy atom. The largest absolute Gasteiger partial charge is 0.394 e. The van der Waals surface area contributed by atoms with Gasteiger partial charge in [-0.05, 0) is 20.3 Å². The van der Waals surface area contributed by atoms with Gasteiger partial charge in [-0.25, -0.2) is 0 Å². The van der Waals surface area contributed by atoms with Crippen molar-refractivity contribution in [1.82, 2.24) is 5.32 Å². The molecule has 0 aromatic rings. The van der Waals surface area contributed by atoms with E-state index in [1.54, 1.807) is 0 Å². The molecular weight excluding hydrogens is 221 g/mol. The van der Waals surface area contributed by atoms with Gasteiger partial charge in [-0.3, -0.25) is 5.32 Å². The molecule has 3 unspecified atom stereocenters.